The van der Waals surface area contributed by atoms with Crippen molar-refractivity contribution in [1.29, 1.82) is 0 Å². The van der Waals surface area contributed by atoms with Crippen LogP contribution in [0.15, 0.2) is 40.7 Å². The van der Waals surface area contributed by atoms with E-state index in [9.17, 15) is 4.79 Å². The number of hydrogen-bond donors (Lipinski definition) is 1. The highest BCUT2D eigenvalue weighted by Crippen LogP contribution is 2.37. The first-order chi connectivity index (χ1) is 14.6. The molecule has 1 aliphatic heterocycles. The molecule has 1 unspecified atom stereocenters. The van der Waals surface area contributed by atoms with Crippen LogP contribution in [0.2, 0.25) is 0 Å². The van der Waals surface area contributed by atoms with Crippen LogP contribution >= 0.6 is 11.8 Å². The number of carbonyl (C=O) groups excluding carboxylic acids is 1. The third kappa shape index (κ3) is 4.98. The van der Waals surface area contributed by atoms with Crippen LogP contribution in [0.3, 0.4) is 0 Å². The minimum absolute atomic E-state index is 0.314. The van der Waals surface area contributed by atoms with Gasteiger partial charge in [-0.15, -0.1) is 5.10 Å². The van der Waals surface area contributed by atoms with Crippen molar-refractivity contribution in [2.24, 2.45) is 0 Å². The van der Waals surface area contributed by atoms with Crippen LogP contribution in [0, 0.1) is 0 Å². The Balaban J connectivity index is 1.93. The van der Waals surface area contributed by atoms with E-state index in [4.69, 9.17) is 9.47 Å². The van der Waals surface area contributed by atoms with E-state index < -0.39 is 6.04 Å². The number of nitrogens with zero attached hydrogens (tertiary/aromatic N) is 3. The lowest BCUT2D eigenvalue weighted by Crippen LogP contribution is -2.29. The molecular formula is C22H30N4O3S. The Morgan fingerprint density at radius 2 is 1.97 bits per heavy atom. The third-order valence-electron chi connectivity index (χ3n) is 4.81. The van der Waals surface area contributed by atoms with Crippen molar-refractivity contribution >= 4 is 23.7 Å². The van der Waals surface area contributed by atoms with Crippen molar-refractivity contribution in [1.82, 2.24) is 14.8 Å². The highest BCUT2D eigenvalue weighted by Gasteiger charge is 2.35. The summed E-state index contributed by atoms with van der Waals surface area (Å²) < 4.78 is 13.0. The molecule has 0 bridgehead atoms. The van der Waals surface area contributed by atoms with Gasteiger partial charge in [0.15, 0.2) is 0 Å². The fourth-order valence-corrected chi connectivity index (χ4v) is 3.95. The monoisotopic (exact) mass is 430 g/mol. The predicted octanol–water partition coefficient (Wildman–Crippen LogP) is 4.81. The number of esters is 1. The first-order valence-electron chi connectivity index (χ1n) is 10.6. The van der Waals surface area contributed by atoms with Crippen molar-refractivity contribution in [2.45, 2.75) is 58.2 Å². The molecule has 1 N–H and O–H groups in total. The van der Waals surface area contributed by atoms with Crippen molar-refractivity contribution in [3.63, 3.8) is 0 Å². The van der Waals surface area contributed by atoms with Gasteiger partial charge >= 0.3 is 5.97 Å². The molecule has 162 valence electrons. The zero-order valence-corrected chi connectivity index (χ0v) is 18.9. The number of anilines is 1. The SMILES string of the molecule is CCCCCOc1ccc(C2C(C(=O)OCC)=C(C)Nc3nc(SCC)nn32)cc1. The number of benzene rings is 1. The van der Waals surface area contributed by atoms with Crippen LogP contribution < -0.4 is 10.1 Å². The molecule has 1 atom stereocenters. The number of aromatic nitrogens is 3. The highest BCUT2D eigenvalue weighted by molar-refractivity contribution is 7.99. The average molecular weight is 431 g/mol. The topological polar surface area (TPSA) is 78.3 Å². The second-order valence-corrected chi connectivity index (χ2v) is 8.24. The van der Waals surface area contributed by atoms with Gasteiger partial charge in [0.1, 0.15) is 11.8 Å². The molecule has 1 aliphatic rings. The van der Waals surface area contributed by atoms with E-state index in [0.29, 0.717) is 29.9 Å². The molecule has 0 amide bonds. The molecule has 3 rings (SSSR count). The van der Waals surface area contributed by atoms with Crippen molar-refractivity contribution in [2.75, 3.05) is 24.3 Å². The van der Waals surface area contributed by atoms with Crippen LogP contribution in [0.25, 0.3) is 0 Å². The van der Waals surface area contributed by atoms with Gasteiger partial charge in [-0.1, -0.05) is 50.6 Å². The number of nitrogens with one attached hydrogen (secondary N) is 1. The van der Waals surface area contributed by atoms with Gasteiger partial charge in [0.25, 0.3) is 0 Å². The Hall–Kier alpha value is -2.48. The van der Waals surface area contributed by atoms with Crippen LogP contribution in [0.5, 0.6) is 5.75 Å². The molecule has 1 aromatic heterocycles. The Bertz CT molecular complexity index is 892. The summed E-state index contributed by atoms with van der Waals surface area (Å²) in [6.07, 6.45) is 3.37. The van der Waals surface area contributed by atoms with Gasteiger partial charge in [-0.25, -0.2) is 9.48 Å². The first-order valence-corrected chi connectivity index (χ1v) is 11.5. The van der Waals surface area contributed by atoms with Crippen molar-refractivity contribution < 1.29 is 14.3 Å². The minimum atomic E-state index is -0.409. The number of allylic oxidation sites excluding steroid dienone is 1. The van der Waals surface area contributed by atoms with E-state index in [2.05, 4.69) is 29.2 Å². The number of unbranched alkanes of at least 4 members (excludes halogenated alkanes) is 2. The van der Waals surface area contributed by atoms with E-state index in [-0.39, 0.29) is 5.97 Å². The van der Waals surface area contributed by atoms with E-state index in [0.717, 1.165) is 35.6 Å². The molecule has 1 aromatic carbocycles. The zero-order chi connectivity index (χ0) is 21.5. The zero-order valence-electron chi connectivity index (χ0n) is 18.1. The van der Waals surface area contributed by atoms with Gasteiger partial charge in [-0.2, -0.15) is 4.98 Å². The number of fused-ring (bicyclic) bond motifs is 1. The average Bonchev–Trinajstić information content (AvgIpc) is 3.13. The Morgan fingerprint density at radius 1 is 1.20 bits per heavy atom. The molecule has 30 heavy (non-hydrogen) atoms. The summed E-state index contributed by atoms with van der Waals surface area (Å²) in [6, 6.07) is 7.44. The summed E-state index contributed by atoms with van der Waals surface area (Å²) in [7, 11) is 0. The molecule has 2 aromatic rings. The van der Waals surface area contributed by atoms with Crippen LogP contribution in [-0.4, -0.2) is 39.7 Å². The fraction of sp³-hybridized carbons (Fsp3) is 0.500. The molecular weight excluding hydrogens is 400 g/mol. The Kier molecular flexibility index (Phi) is 7.79. The maximum absolute atomic E-state index is 12.8. The van der Waals surface area contributed by atoms with Gasteiger partial charge in [-0.3, -0.25) is 0 Å². The Morgan fingerprint density at radius 3 is 2.63 bits per heavy atom. The number of hydrogen-bond acceptors (Lipinski definition) is 7. The summed E-state index contributed by atoms with van der Waals surface area (Å²) in [6.45, 7) is 8.93. The molecule has 0 fully saturated rings. The summed E-state index contributed by atoms with van der Waals surface area (Å²) in [4.78, 5) is 17.4. The maximum atomic E-state index is 12.8. The third-order valence-corrected chi connectivity index (χ3v) is 5.53. The molecule has 8 heteroatoms. The van der Waals surface area contributed by atoms with Crippen molar-refractivity contribution in [3.8, 4) is 5.75 Å². The summed E-state index contributed by atoms with van der Waals surface area (Å²) in [5.74, 6) is 1.97. The van der Waals surface area contributed by atoms with E-state index in [1.54, 1.807) is 23.4 Å². The quantitative estimate of drug-likeness (QED) is 0.329. The minimum Gasteiger partial charge on any atom is -0.494 e. The van der Waals surface area contributed by atoms with E-state index >= 15 is 0 Å². The Labute approximate surface area is 182 Å². The van der Waals surface area contributed by atoms with Gasteiger partial charge in [0, 0.05) is 5.70 Å². The number of ether oxygens (including phenoxy) is 2. The molecule has 0 aliphatic carbocycles. The normalized spacial score (nSPS) is 15.5. The lowest BCUT2D eigenvalue weighted by Gasteiger charge is -2.28. The van der Waals surface area contributed by atoms with Gasteiger partial charge in [-0.05, 0) is 43.7 Å². The smallest absolute Gasteiger partial charge is 0.338 e. The highest BCUT2D eigenvalue weighted by atomic mass is 32.2. The lowest BCUT2D eigenvalue weighted by molar-refractivity contribution is -0.139. The van der Waals surface area contributed by atoms with E-state index in [1.807, 2.05) is 31.2 Å². The number of thioether (sulfide) groups is 1. The maximum Gasteiger partial charge on any atom is 0.338 e. The van der Waals surface area contributed by atoms with Gasteiger partial charge in [0.05, 0.1) is 18.8 Å². The van der Waals surface area contributed by atoms with Crippen molar-refractivity contribution in [3.05, 3.63) is 41.1 Å². The molecule has 0 spiro atoms. The van der Waals surface area contributed by atoms with E-state index in [1.165, 1.54) is 6.42 Å². The fourth-order valence-electron chi connectivity index (χ4n) is 3.39. The summed E-state index contributed by atoms with van der Waals surface area (Å²) >= 11 is 1.56. The van der Waals surface area contributed by atoms with Gasteiger partial charge < -0.3 is 14.8 Å². The first kappa shape index (κ1) is 22.2. The second-order valence-electron chi connectivity index (χ2n) is 7.01. The molecule has 0 saturated carbocycles. The molecule has 2 heterocycles. The standard InChI is InChI=1S/C22H30N4O3S/c1-5-8-9-14-29-17-12-10-16(11-13-17)19-18(20(27)28-6-2)15(4)23-21-24-22(30-7-3)25-26(19)21/h10-13,19H,5-9,14H2,1-4H3,(H,23,24,25). The number of carbonyl (C=O) groups is 1. The predicted molar refractivity (Wildman–Crippen MR) is 119 cm³/mol. The molecule has 7 nitrogen and oxygen atoms in total. The summed E-state index contributed by atoms with van der Waals surface area (Å²) in [5, 5.41) is 8.54. The molecule has 0 saturated heterocycles. The largest absolute Gasteiger partial charge is 0.494 e. The number of rotatable bonds is 10. The van der Waals surface area contributed by atoms with Crippen LogP contribution in [0.4, 0.5) is 5.95 Å². The van der Waals surface area contributed by atoms with Crippen LogP contribution in [0.1, 0.15) is 58.6 Å². The summed E-state index contributed by atoms with van der Waals surface area (Å²) in [5.41, 5.74) is 2.20. The second kappa shape index (κ2) is 10.5. The lowest BCUT2D eigenvalue weighted by atomic mass is 9.96. The van der Waals surface area contributed by atoms with Crippen LogP contribution in [-0.2, 0) is 9.53 Å². The van der Waals surface area contributed by atoms with Gasteiger partial charge in [0.2, 0.25) is 11.1 Å². The molecule has 0 radical (unpaired) electrons.